The van der Waals surface area contributed by atoms with Gasteiger partial charge in [-0.05, 0) is 52.2 Å². The fraction of sp³-hybridized carbons (Fsp3) is 0.636. The number of carbonyl (C=O) groups excluding carboxylic acids is 1. The van der Waals surface area contributed by atoms with Crippen molar-refractivity contribution < 1.29 is 23.7 Å². The summed E-state index contributed by atoms with van der Waals surface area (Å²) in [6.07, 6.45) is 7.35. The van der Waals surface area contributed by atoms with Crippen LogP contribution in [0.5, 0.6) is 0 Å². The largest absolute Gasteiger partial charge is 0.456 e. The molecule has 1 aromatic rings. The summed E-state index contributed by atoms with van der Waals surface area (Å²) in [6, 6.07) is 3.44. The van der Waals surface area contributed by atoms with Crippen LogP contribution >= 0.6 is 0 Å². The molecule has 4 rings (SSSR count). The normalized spacial score (nSPS) is 38.7. The molecule has 1 saturated carbocycles. The van der Waals surface area contributed by atoms with Crippen LogP contribution in [0.15, 0.2) is 36.2 Å². The van der Waals surface area contributed by atoms with E-state index in [0.717, 1.165) is 25.9 Å². The van der Waals surface area contributed by atoms with E-state index in [0.29, 0.717) is 5.56 Å². The Kier molecular flexibility index (Phi) is 5.06. The molecular formula is C22H29NO5. The van der Waals surface area contributed by atoms with Gasteiger partial charge in [-0.1, -0.05) is 11.6 Å². The number of hydrogen-bond acceptors (Lipinski definition) is 6. The van der Waals surface area contributed by atoms with Gasteiger partial charge in [0.1, 0.15) is 23.4 Å². The van der Waals surface area contributed by atoms with Crippen molar-refractivity contribution in [3.05, 3.63) is 41.7 Å². The van der Waals surface area contributed by atoms with Gasteiger partial charge in [0.15, 0.2) is 0 Å². The molecule has 6 heteroatoms. The van der Waals surface area contributed by atoms with E-state index in [4.69, 9.17) is 18.9 Å². The Hall–Kier alpha value is -1.76. The second-order valence-corrected chi connectivity index (χ2v) is 8.56. The van der Waals surface area contributed by atoms with Crippen LogP contribution in [-0.4, -0.2) is 54.2 Å². The molecule has 6 nitrogen and oxygen atoms in total. The third kappa shape index (κ3) is 3.49. The van der Waals surface area contributed by atoms with Gasteiger partial charge in [-0.25, -0.2) is 4.79 Å². The summed E-state index contributed by atoms with van der Waals surface area (Å²) in [7, 11) is 1.68. The Morgan fingerprint density at radius 2 is 2.21 bits per heavy atom. The summed E-state index contributed by atoms with van der Waals surface area (Å²) < 4.78 is 23.9. The lowest BCUT2D eigenvalue weighted by Gasteiger charge is -2.42. The number of carbonyl (C=O) groups is 1. The standard InChI is InChI=1S/C22H29NO5/c1-14(2)7-8-17-21(3,28-17)19-18(25-4)16(9-10-22(19)13-26-22)27-20(24)15-6-5-11-23-12-15/h5-7,11-12,16-19H,8-10,13H2,1-4H3/t16-,17-,18-,19-,21+,22+/m1/s1. The van der Waals surface area contributed by atoms with Gasteiger partial charge in [0.25, 0.3) is 0 Å². The van der Waals surface area contributed by atoms with Crippen molar-refractivity contribution in [1.82, 2.24) is 4.98 Å². The molecule has 1 spiro atoms. The molecule has 0 N–H and O–H groups in total. The minimum absolute atomic E-state index is 0.0287. The van der Waals surface area contributed by atoms with Crippen LogP contribution in [0, 0.1) is 5.92 Å². The van der Waals surface area contributed by atoms with Crippen LogP contribution in [0.1, 0.15) is 50.4 Å². The highest BCUT2D eigenvalue weighted by Gasteiger charge is 2.72. The molecule has 0 unspecified atom stereocenters. The van der Waals surface area contributed by atoms with E-state index in [1.54, 1.807) is 25.4 Å². The zero-order valence-corrected chi connectivity index (χ0v) is 17.0. The van der Waals surface area contributed by atoms with Gasteiger partial charge >= 0.3 is 5.97 Å². The maximum Gasteiger partial charge on any atom is 0.340 e. The molecule has 3 aliphatic rings. The highest BCUT2D eigenvalue weighted by Crippen LogP contribution is 2.59. The molecule has 2 aliphatic heterocycles. The number of esters is 1. The molecule has 0 radical (unpaired) electrons. The lowest BCUT2D eigenvalue weighted by Crippen LogP contribution is -2.55. The number of allylic oxidation sites excluding steroid dienone is 1. The van der Waals surface area contributed by atoms with Gasteiger partial charge in [0.05, 0.1) is 24.2 Å². The van der Waals surface area contributed by atoms with E-state index >= 15 is 0 Å². The summed E-state index contributed by atoms with van der Waals surface area (Å²) in [4.78, 5) is 16.6. The molecule has 6 atom stereocenters. The quantitative estimate of drug-likeness (QED) is 0.424. The van der Waals surface area contributed by atoms with Gasteiger partial charge < -0.3 is 18.9 Å². The van der Waals surface area contributed by atoms with E-state index in [1.165, 1.54) is 11.8 Å². The molecule has 2 saturated heterocycles. The van der Waals surface area contributed by atoms with E-state index in [9.17, 15) is 4.79 Å². The first kappa shape index (κ1) is 19.6. The zero-order chi connectivity index (χ0) is 19.9. The van der Waals surface area contributed by atoms with Crippen molar-refractivity contribution in [2.24, 2.45) is 5.92 Å². The van der Waals surface area contributed by atoms with Gasteiger partial charge in [-0.2, -0.15) is 0 Å². The molecule has 0 amide bonds. The molecule has 3 fully saturated rings. The maximum atomic E-state index is 12.6. The van der Waals surface area contributed by atoms with Crippen LogP contribution < -0.4 is 0 Å². The molecular weight excluding hydrogens is 358 g/mol. The summed E-state index contributed by atoms with van der Waals surface area (Å²) in [6.45, 7) is 7.05. The number of methoxy groups -OCH3 is 1. The van der Waals surface area contributed by atoms with Crippen LogP contribution in [0.4, 0.5) is 0 Å². The second kappa shape index (κ2) is 7.25. The smallest absolute Gasteiger partial charge is 0.340 e. The van der Waals surface area contributed by atoms with Crippen molar-refractivity contribution in [3.63, 3.8) is 0 Å². The van der Waals surface area contributed by atoms with Crippen molar-refractivity contribution >= 4 is 5.97 Å². The molecule has 28 heavy (non-hydrogen) atoms. The average molecular weight is 387 g/mol. The van der Waals surface area contributed by atoms with Crippen molar-refractivity contribution in [3.8, 4) is 0 Å². The van der Waals surface area contributed by atoms with E-state index in [-0.39, 0.29) is 41.4 Å². The third-order valence-corrected chi connectivity index (χ3v) is 6.39. The molecule has 3 heterocycles. The highest BCUT2D eigenvalue weighted by molar-refractivity contribution is 5.89. The highest BCUT2D eigenvalue weighted by atomic mass is 16.6. The summed E-state index contributed by atoms with van der Waals surface area (Å²) in [5.41, 5.74) is 1.19. The fourth-order valence-electron chi connectivity index (χ4n) is 4.76. The van der Waals surface area contributed by atoms with Gasteiger partial charge in [-0.3, -0.25) is 4.98 Å². The lowest BCUT2D eigenvalue weighted by atomic mass is 9.68. The number of hydrogen-bond donors (Lipinski definition) is 0. The summed E-state index contributed by atoms with van der Waals surface area (Å²) in [5.74, 6) is -0.337. The number of nitrogens with zero attached hydrogens (tertiary/aromatic N) is 1. The lowest BCUT2D eigenvalue weighted by molar-refractivity contribution is -0.120. The minimum Gasteiger partial charge on any atom is -0.456 e. The van der Waals surface area contributed by atoms with Gasteiger partial charge in [-0.15, -0.1) is 0 Å². The average Bonchev–Trinajstić information content (AvgIpc) is 3.60. The number of aromatic nitrogens is 1. The Balaban J connectivity index is 1.52. The maximum absolute atomic E-state index is 12.6. The van der Waals surface area contributed by atoms with Crippen molar-refractivity contribution in [1.29, 1.82) is 0 Å². The minimum atomic E-state index is -0.366. The molecule has 152 valence electrons. The van der Waals surface area contributed by atoms with E-state index < -0.39 is 0 Å². The van der Waals surface area contributed by atoms with Crippen LogP contribution in [-0.2, 0) is 18.9 Å². The first-order chi connectivity index (χ1) is 13.4. The Labute approximate surface area is 166 Å². The Bertz CT molecular complexity index is 755. The van der Waals surface area contributed by atoms with Gasteiger partial charge in [0.2, 0.25) is 0 Å². The van der Waals surface area contributed by atoms with E-state index in [2.05, 4.69) is 31.8 Å². The topological polar surface area (TPSA) is 73.5 Å². The molecule has 0 bridgehead atoms. The van der Waals surface area contributed by atoms with E-state index in [1.807, 2.05) is 0 Å². The Morgan fingerprint density at radius 1 is 1.43 bits per heavy atom. The number of epoxide rings is 2. The van der Waals surface area contributed by atoms with Crippen LogP contribution in [0.3, 0.4) is 0 Å². The fourth-order valence-corrected chi connectivity index (χ4v) is 4.76. The summed E-state index contributed by atoms with van der Waals surface area (Å²) >= 11 is 0. The van der Waals surface area contributed by atoms with Crippen LogP contribution in [0.25, 0.3) is 0 Å². The zero-order valence-electron chi connectivity index (χ0n) is 17.0. The predicted molar refractivity (Wildman–Crippen MR) is 103 cm³/mol. The number of rotatable bonds is 6. The number of ether oxygens (including phenoxy) is 4. The predicted octanol–water partition coefficient (Wildman–Crippen LogP) is 3.31. The SMILES string of the molecule is CO[C@@H]1[C@H](OC(=O)c2cccnc2)CC[C@]2(CO2)[C@H]1[C@@]1(C)O[C@@H]1CC=C(C)C. The Morgan fingerprint density at radius 3 is 2.82 bits per heavy atom. The monoisotopic (exact) mass is 387 g/mol. The van der Waals surface area contributed by atoms with Crippen molar-refractivity contribution in [2.45, 2.75) is 69.5 Å². The third-order valence-electron chi connectivity index (χ3n) is 6.39. The first-order valence-corrected chi connectivity index (χ1v) is 9.98. The molecule has 0 aromatic carbocycles. The van der Waals surface area contributed by atoms with Crippen LogP contribution in [0.2, 0.25) is 0 Å². The number of pyridine rings is 1. The first-order valence-electron chi connectivity index (χ1n) is 9.98. The van der Waals surface area contributed by atoms with Gasteiger partial charge in [0, 0.05) is 19.5 Å². The second-order valence-electron chi connectivity index (χ2n) is 8.56. The van der Waals surface area contributed by atoms with Crippen molar-refractivity contribution in [2.75, 3.05) is 13.7 Å². The molecule has 1 aromatic heterocycles. The molecule has 1 aliphatic carbocycles. The summed E-state index contributed by atoms with van der Waals surface area (Å²) in [5, 5.41) is 0.